The lowest BCUT2D eigenvalue weighted by atomic mass is 10.2. The zero-order valence-electron chi connectivity index (χ0n) is 16.9. The number of fused-ring (bicyclic) bond motifs is 1. The van der Waals surface area contributed by atoms with Crippen molar-refractivity contribution in [3.63, 3.8) is 0 Å². The first kappa shape index (κ1) is 23.5. The van der Waals surface area contributed by atoms with Crippen LogP contribution in [0.5, 0.6) is 0 Å². The van der Waals surface area contributed by atoms with Crippen LogP contribution in [0.2, 0.25) is 0 Å². The van der Waals surface area contributed by atoms with E-state index in [1.165, 1.54) is 29.5 Å². The van der Waals surface area contributed by atoms with Crippen LogP contribution in [-0.2, 0) is 4.79 Å². The number of nitro benzene ring substituents is 1. The van der Waals surface area contributed by atoms with Crippen molar-refractivity contribution in [1.82, 2.24) is 9.88 Å². The fraction of sp³-hybridized carbons (Fsp3) is 0.238. The van der Waals surface area contributed by atoms with E-state index >= 15 is 0 Å². The monoisotopic (exact) mass is 446 g/mol. The highest BCUT2D eigenvalue weighted by atomic mass is 35.5. The van der Waals surface area contributed by atoms with Crippen molar-refractivity contribution in [2.45, 2.75) is 6.92 Å². The molecule has 3 rings (SSSR count). The number of nitrogens with zero attached hydrogens (tertiary/aromatic N) is 4. The van der Waals surface area contributed by atoms with E-state index in [1.807, 2.05) is 38.1 Å². The molecule has 0 spiro atoms. The molecule has 158 valence electrons. The topological polar surface area (TPSA) is 79.6 Å². The maximum absolute atomic E-state index is 12.9. The summed E-state index contributed by atoms with van der Waals surface area (Å²) in [5.74, 6) is -0.214. The number of nitro groups is 1. The lowest BCUT2D eigenvalue weighted by molar-refractivity contribution is -0.384. The van der Waals surface area contributed by atoms with E-state index in [4.69, 9.17) is 0 Å². The lowest BCUT2D eigenvalue weighted by Crippen LogP contribution is -2.35. The second-order valence-electron chi connectivity index (χ2n) is 6.95. The second-order valence-corrected chi connectivity index (χ2v) is 7.96. The number of hydrogen-bond donors (Lipinski definition) is 0. The molecule has 9 heteroatoms. The largest absolute Gasteiger partial charge is 0.308 e. The van der Waals surface area contributed by atoms with E-state index in [2.05, 4.69) is 11.1 Å². The summed E-state index contributed by atoms with van der Waals surface area (Å²) in [5.41, 5.74) is 2.59. The minimum absolute atomic E-state index is 0. The highest BCUT2D eigenvalue weighted by molar-refractivity contribution is 7.22. The molecule has 0 radical (unpaired) electrons. The Morgan fingerprint density at radius 2 is 1.97 bits per heavy atom. The zero-order chi connectivity index (χ0) is 21.0. The molecular weight excluding hydrogens is 424 g/mol. The van der Waals surface area contributed by atoms with Crippen LogP contribution in [0, 0.1) is 17.0 Å². The van der Waals surface area contributed by atoms with Gasteiger partial charge in [-0.05, 0) is 50.4 Å². The summed E-state index contributed by atoms with van der Waals surface area (Å²) < 4.78 is 1.03. The molecule has 0 unspecified atom stereocenters. The molecule has 0 N–H and O–H groups in total. The van der Waals surface area contributed by atoms with Gasteiger partial charge in [0.1, 0.15) is 0 Å². The Balaban J connectivity index is 0.00000320. The van der Waals surface area contributed by atoms with Crippen molar-refractivity contribution in [1.29, 1.82) is 0 Å². The maximum atomic E-state index is 12.9. The molecule has 30 heavy (non-hydrogen) atoms. The summed E-state index contributed by atoms with van der Waals surface area (Å²) in [6, 6.07) is 12.2. The average Bonchev–Trinajstić information content (AvgIpc) is 3.09. The van der Waals surface area contributed by atoms with Gasteiger partial charge in [-0.3, -0.25) is 19.8 Å². The third kappa shape index (κ3) is 5.85. The van der Waals surface area contributed by atoms with Gasteiger partial charge >= 0.3 is 0 Å². The second kappa shape index (κ2) is 10.3. The maximum Gasteiger partial charge on any atom is 0.270 e. The molecule has 1 aromatic heterocycles. The molecule has 0 aliphatic rings. The Labute approximate surface area is 185 Å². The van der Waals surface area contributed by atoms with Crippen molar-refractivity contribution in [3.8, 4) is 0 Å². The number of aromatic nitrogens is 1. The standard InChI is InChI=1S/C21H22N4O3S.ClH/c1-15-7-9-18-19(13-15)29-21(22-18)24(12-11-23(2)3)20(26)10-8-16-5-4-6-17(14-16)25(27)28;/h4-10,13-14H,11-12H2,1-3H3;1H. The molecule has 0 atom stereocenters. The van der Waals surface area contributed by atoms with Crippen molar-refractivity contribution in [2.75, 3.05) is 32.1 Å². The van der Waals surface area contributed by atoms with Crippen LogP contribution < -0.4 is 4.90 Å². The van der Waals surface area contributed by atoms with Gasteiger partial charge in [-0.15, -0.1) is 12.4 Å². The predicted octanol–water partition coefficient (Wildman–Crippen LogP) is 4.54. The number of carbonyl (C=O) groups is 1. The number of anilines is 1. The van der Waals surface area contributed by atoms with Crippen LogP contribution in [0.15, 0.2) is 48.5 Å². The van der Waals surface area contributed by atoms with Crippen LogP contribution in [-0.4, -0.2) is 47.9 Å². The molecule has 3 aromatic rings. The fourth-order valence-corrected chi connectivity index (χ4v) is 3.83. The van der Waals surface area contributed by atoms with Gasteiger partial charge in [-0.1, -0.05) is 29.5 Å². The molecule has 0 aliphatic carbocycles. The number of amides is 1. The normalized spacial score (nSPS) is 11.1. The number of aryl methyl sites for hydroxylation is 1. The number of carbonyl (C=O) groups excluding carboxylic acids is 1. The average molecular weight is 447 g/mol. The first-order valence-electron chi connectivity index (χ1n) is 9.09. The summed E-state index contributed by atoms with van der Waals surface area (Å²) in [5, 5.41) is 11.6. The molecule has 0 fully saturated rings. The van der Waals surface area contributed by atoms with E-state index in [-0.39, 0.29) is 24.0 Å². The van der Waals surface area contributed by atoms with Gasteiger partial charge in [0.05, 0.1) is 15.1 Å². The van der Waals surface area contributed by atoms with E-state index < -0.39 is 4.92 Å². The minimum atomic E-state index is -0.453. The van der Waals surface area contributed by atoms with Gasteiger partial charge in [-0.2, -0.15) is 0 Å². The SMILES string of the molecule is Cc1ccc2nc(N(CCN(C)C)C(=O)C=Cc3cccc([N+](=O)[O-])c3)sc2c1.Cl. The molecule has 2 aromatic carbocycles. The van der Waals surface area contributed by atoms with E-state index in [0.717, 1.165) is 15.8 Å². The van der Waals surface area contributed by atoms with Crippen molar-refractivity contribution in [2.24, 2.45) is 0 Å². The van der Waals surface area contributed by atoms with Crippen LogP contribution in [0.4, 0.5) is 10.8 Å². The predicted molar refractivity (Wildman–Crippen MR) is 125 cm³/mol. The number of hydrogen-bond acceptors (Lipinski definition) is 6. The number of halogens is 1. The van der Waals surface area contributed by atoms with Crippen molar-refractivity contribution >= 4 is 56.8 Å². The molecular formula is C21H23ClN4O3S. The molecule has 0 aliphatic heterocycles. The van der Waals surface area contributed by atoms with E-state index in [0.29, 0.717) is 23.8 Å². The number of benzene rings is 2. The summed E-state index contributed by atoms with van der Waals surface area (Å²) >= 11 is 1.48. The Morgan fingerprint density at radius 3 is 2.67 bits per heavy atom. The summed E-state index contributed by atoms with van der Waals surface area (Å²) in [6.07, 6.45) is 3.03. The molecule has 1 amide bonds. The highest BCUT2D eigenvalue weighted by Gasteiger charge is 2.18. The number of thiazole rings is 1. The first-order chi connectivity index (χ1) is 13.8. The Kier molecular flexibility index (Phi) is 8.05. The minimum Gasteiger partial charge on any atom is -0.308 e. The van der Waals surface area contributed by atoms with Gasteiger partial charge < -0.3 is 4.90 Å². The quantitative estimate of drug-likeness (QED) is 0.302. The van der Waals surface area contributed by atoms with Crippen LogP contribution in [0.1, 0.15) is 11.1 Å². The van der Waals surface area contributed by atoms with E-state index in [1.54, 1.807) is 23.1 Å². The highest BCUT2D eigenvalue weighted by Crippen LogP contribution is 2.29. The number of rotatable bonds is 7. The number of likely N-dealkylation sites (N-methyl/N-ethyl adjacent to an activating group) is 1. The Morgan fingerprint density at radius 1 is 1.20 bits per heavy atom. The summed E-state index contributed by atoms with van der Waals surface area (Å²) in [6.45, 7) is 3.20. The van der Waals surface area contributed by atoms with Gasteiger partial charge in [0.15, 0.2) is 5.13 Å². The molecule has 0 saturated heterocycles. The van der Waals surface area contributed by atoms with Crippen LogP contribution in [0.25, 0.3) is 16.3 Å². The van der Waals surface area contributed by atoms with Crippen molar-refractivity contribution < 1.29 is 9.72 Å². The third-order valence-corrected chi connectivity index (χ3v) is 5.34. The molecule has 0 bridgehead atoms. The molecule has 7 nitrogen and oxygen atoms in total. The summed E-state index contributed by atoms with van der Waals surface area (Å²) in [7, 11) is 3.90. The van der Waals surface area contributed by atoms with Crippen molar-refractivity contribution in [3.05, 3.63) is 69.8 Å². The van der Waals surface area contributed by atoms with Crippen LogP contribution in [0.3, 0.4) is 0 Å². The zero-order valence-corrected chi connectivity index (χ0v) is 18.6. The van der Waals surface area contributed by atoms with Gasteiger partial charge in [0, 0.05) is 31.3 Å². The molecule has 1 heterocycles. The van der Waals surface area contributed by atoms with Gasteiger partial charge in [0.25, 0.3) is 11.6 Å². The summed E-state index contributed by atoms with van der Waals surface area (Å²) in [4.78, 5) is 31.7. The number of non-ortho nitro benzene ring substituents is 1. The first-order valence-corrected chi connectivity index (χ1v) is 9.91. The van der Waals surface area contributed by atoms with Crippen LogP contribution >= 0.6 is 23.7 Å². The van der Waals surface area contributed by atoms with Gasteiger partial charge in [-0.25, -0.2) is 4.98 Å². The molecule has 0 saturated carbocycles. The Hall–Kier alpha value is -2.81. The van der Waals surface area contributed by atoms with E-state index in [9.17, 15) is 14.9 Å². The third-order valence-electron chi connectivity index (χ3n) is 4.30. The Bertz CT molecular complexity index is 1080. The lowest BCUT2D eigenvalue weighted by Gasteiger charge is -2.20. The fourth-order valence-electron chi connectivity index (χ4n) is 2.73. The smallest absolute Gasteiger partial charge is 0.270 e. The van der Waals surface area contributed by atoms with Gasteiger partial charge in [0.2, 0.25) is 0 Å².